The Labute approximate surface area is 111 Å². The third-order valence-corrected chi connectivity index (χ3v) is 3.54. The Hall–Kier alpha value is -2.30. The maximum absolute atomic E-state index is 5.95. The molecule has 3 aromatic rings. The van der Waals surface area contributed by atoms with Crippen LogP contribution < -0.4 is 5.73 Å². The molecule has 0 saturated heterocycles. The molecule has 0 radical (unpaired) electrons. The molecular weight excluding hydrogens is 240 g/mol. The Kier molecular flexibility index (Phi) is 2.55. The fourth-order valence-corrected chi connectivity index (χ4v) is 2.42. The molecule has 0 amide bonds. The lowest BCUT2D eigenvalue weighted by molar-refractivity contribution is 0.470. The predicted octanol–water partition coefficient (Wildman–Crippen LogP) is 2.58. The van der Waals surface area contributed by atoms with Gasteiger partial charge in [0.1, 0.15) is 29.3 Å². The van der Waals surface area contributed by atoms with Crippen LogP contribution in [0.1, 0.15) is 22.8 Å². The van der Waals surface area contributed by atoms with E-state index in [-0.39, 0.29) is 0 Å². The first-order valence-corrected chi connectivity index (χ1v) is 6.19. The minimum atomic E-state index is 0.528. The van der Waals surface area contributed by atoms with Crippen molar-refractivity contribution in [1.82, 2.24) is 14.5 Å². The largest absolute Gasteiger partial charge is 0.464 e. The number of nitrogen functional groups attached to an aromatic ring is 1. The Morgan fingerprint density at radius 1 is 1.21 bits per heavy atom. The summed E-state index contributed by atoms with van der Waals surface area (Å²) in [5, 5.41) is 0.934. The summed E-state index contributed by atoms with van der Waals surface area (Å²) in [4.78, 5) is 8.42. The second-order valence-corrected chi connectivity index (χ2v) is 4.77. The topological polar surface area (TPSA) is 69.9 Å². The minimum Gasteiger partial charge on any atom is -0.464 e. The molecule has 3 rings (SSSR count). The second kappa shape index (κ2) is 4.12. The van der Waals surface area contributed by atoms with Gasteiger partial charge in [-0.3, -0.25) is 0 Å². The molecule has 0 fully saturated rings. The van der Waals surface area contributed by atoms with Crippen molar-refractivity contribution in [3.05, 3.63) is 41.2 Å². The summed E-state index contributed by atoms with van der Waals surface area (Å²) in [6, 6.07) is 3.95. The molecule has 0 bridgehead atoms. The summed E-state index contributed by atoms with van der Waals surface area (Å²) in [6.07, 6.45) is 1.50. The van der Waals surface area contributed by atoms with Gasteiger partial charge in [-0.15, -0.1) is 0 Å². The first kappa shape index (κ1) is 11.8. The van der Waals surface area contributed by atoms with Gasteiger partial charge in [0.25, 0.3) is 0 Å². The molecule has 0 spiro atoms. The average molecular weight is 256 g/mol. The van der Waals surface area contributed by atoms with E-state index in [4.69, 9.17) is 10.2 Å². The number of aromatic nitrogens is 3. The third-order valence-electron chi connectivity index (χ3n) is 3.54. The quantitative estimate of drug-likeness (QED) is 0.765. The van der Waals surface area contributed by atoms with Crippen LogP contribution in [0.2, 0.25) is 0 Å². The van der Waals surface area contributed by atoms with Crippen LogP contribution in [0.4, 0.5) is 5.82 Å². The van der Waals surface area contributed by atoms with Gasteiger partial charge in [0.15, 0.2) is 0 Å². The number of rotatable bonds is 2. The monoisotopic (exact) mass is 256 g/mol. The first-order chi connectivity index (χ1) is 9.08. The van der Waals surface area contributed by atoms with E-state index < -0.39 is 0 Å². The van der Waals surface area contributed by atoms with Gasteiger partial charge in [-0.1, -0.05) is 0 Å². The number of hydrogen-bond donors (Lipinski definition) is 1. The van der Waals surface area contributed by atoms with Crippen LogP contribution in [-0.2, 0) is 6.54 Å². The highest BCUT2D eigenvalue weighted by Gasteiger charge is 2.15. The zero-order valence-corrected chi connectivity index (χ0v) is 11.3. The lowest BCUT2D eigenvalue weighted by Gasteiger charge is -2.05. The summed E-state index contributed by atoms with van der Waals surface area (Å²) in [6.45, 7) is 6.70. The number of aryl methyl sites for hydroxylation is 2. The van der Waals surface area contributed by atoms with E-state index in [2.05, 4.69) is 21.5 Å². The van der Waals surface area contributed by atoms with E-state index in [0.717, 1.165) is 33.8 Å². The van der Waals surface area contributed by atoms with E-state index in [1.165, 1.54) is 6.33 Å². The van der Waals surface area contributed by atoms with Gasteiger partial charge < -0.3 is 14.7 Å². The van der Waals surface area contributed by atoms with E-state index >= 15 is 0 Å². The molecule has 0 aliphatic rings. The zero-order chi connectivity index (χ0) is 13.6. The van der Waals surface area contributed by atoms with Gasteiger partial charge in [-0.2, -0.15) is 0 Å². The number of nitrogens with zero attached hydrogens (tertiary/aromatic N) is 3. The molecule has 0 aromatic carbocycles. The van der Waals surface area contributed by atoms with Gasteiger partial charge >= 0.3 is 0 Å². The van der Waals surface area contributed by atoms with Gasteiger partial charge in [-0.05, 0) is 38.5 Å². The highest BCUT2D eigenvalue weighted by Crippen LogP contribution is 2.27. The van der Waals surface area contributed by atoms with Crippen LogP contribution in [-0.4, -0.2) is 14.5 Å². The van der Waals surface area contributed by atoms with Crippen molar-refractivity contribution in [3.63, 3.8) is 0 Å². The van der Waals surface area contributed by atoms with Crippen molar-refractivity contribution in [2.24, 2.45) is 0 Å². The normalized spacial score (nSPS) is 11.3. The maximum atomic E-state index is 5.95. The van der Waals surface area contributed by atoms with Crippen molar-refractivity contribution in [2.75, 3.05) is 5.73 Å². The molecule has 19 heavy (non-hydrogen) atoms. The first-order valence-electron chi connectivity index (χ1n) is 6.19. The van der Waals surface area contributed by atoms with Gasteiger partial charge in [-0.25, -0.2) is 9.97 Å². The lowest BCUT2D eigenvalue weighted by atomic mass is 10.2. The molecule has 3 aromatic heterocycles. The number of furan rings is 1. The highest BCUT2D eigenvalue weighted by atomic mass is 16.3. The van der Waals surface area contributed by atoms with Crippen molar-refractivity contribution < 1.29 is 4.42 Å². The van der Waals surface area contributed by atoms with Crippen molar-refractivity contribution in [1.29, 1.82) is 0 Å². The molecule has 0 unspecified atom stereocenters. The molecule has 3 heterocycles. The summed E-state index contributed by atoms with van der Waals surface area (Å²) >= 11 is 0. The Balaban J connectivity index is 2.18. The number of fused-ring (bicyclic) bond motifs is 1. The fraction of sp³-hybridized carbons (Fsp3) is 0.286. The predicted molar refractivity (Wildman–Crippen MR) is 74.0 cm³/mol. The van der Waals surface area contributed by atoms with E-state index in [1.54, 1.807) is 0 Å². The van der Waals surface area contributed by atoms with Crippen LogP contribution in [0.5, 0.6) is 0 Å². The Bertz CT molecular complexity index is 754. The number of hydrogen-bond acceptors (Lipinski definition) is 4. The van der Waals surface area contributed by atoms with Crippen LogP contribution in [0.25, 0.3) is 11.0 Å². The van der Waals surface area contributed by atoms with Crippen LogP contribution >= 0.6 is 0 Å². The molecule has 0 atom stereocenters. The van der Waals surface area contributed by atoms with E-state index in [0.29, 0.717) is 12.4 Å². The molecular formula is C14H16N4O. The highest BCUT2D eigenvalue weighted by molar-refractivity contribution is 5.90. The molecule has 98 valence electrons. The van der Waals surface area contributed by atoms with Crippen molar-refractivity contribution in [3.8, 4) is 0 Å². The third kappa shape index (κ3) is 1.78. The number of nitrogens with two attached hydrogens (primary N) is 1. The molecule has 5 nitrogen and oxygen atoms in total. The minimum absolute atomic E-state index is 0.528. The second-order valence-electron chi connectivity index (χ2n) is 4.77. The standard InChI is InChI=1S/C14H16N4O/c1-8-4-5-11(19-8)6-18-10(3)9(2)12-13(15)16-7-17-14(12)18/h4-5,7H,6H2,1-3H3,(H2,15,16,17). The molecule has 0 saturated carbocycles. The van der Waals surface area contributed by atoms with Crippen LogP contribution in [0.3, 0.4) is 0 Å². The van der Waals surface area contributed by atoms with E-state index in [9.17, 15) is 0 Å². The summed E-state index contributed by atoms with van der Waals surface area (Å²) in [5.41, 5.74) is 9.06. The SMILES string of the molecule is Cc1ccc(Cn2c(C)c(C)c3c(N)ncnc32)o1. The Morgan fingerprint density at radius 3 is 2.68 bits per heavy atom. The number of anilines is 1. The van der Waals surface area contributed by atoms with Crippen LogP contribution in [0.15, 0.2) is 22.9 Å². The fourth-order valence-electron chi connectivity index (χ4n) is 2.42. The lowest BCUT2D eigenvalue weighted by Crippen LogP contribution is -2.02. The van der Waals surface area contributed by atoms with Crippen molar-refractivity contribution in [2.45, 2.75) is 27.3 Å². The molecule has 5 heteroatoms. The van der Waals surface area contributed by atoms with Gasteiger partial charge in [0.05, 0.1) is 11.9 Å². The summed E-state index contributed by atoms with van der Waals surface area (Å²) in [7, 11) is 0. The van der Waals surface area contributed by atoms with Crippen molar-refractivity contribution >= 4 is 16.9 Å². The molecule has 0 aliphatic heterocycles. The van der Waals surface area contributed by atoms with Gasteiger partial charge in [0, 0.05) is 5.69 Å². The summed E-state index contributed by atoms with van der Waals surface area (Å²) in [5.74, 6) is 2.35. The van der Waals surface area contributed by atoms with Gasteiger partial charge in [0.2, 0.25) is 0 Å². The Morgan fingerprint density at radius 2 is 2.00 bits per heavy atom. The maximum Gasteiger partial charge on any atom is 0.146 e. The zero-order valence-electron chi connectivity index (χ0n) is 11.3. The summed E-state index contributed by atoms with van der Waals surface area (Å²) < 4.78 is 7.75. The average Bonchev–Trinajstić information content (AvgIpc) is 2.88. The molecule has 2 N–H and O–H groups in total. The smallest absolute Gasteiger partial charge is 0.146 e. The molecule has 0 aliphatic carbocycles. The van der Waals surface area contributed by atoms with Crippen LogP contribution in [0, 0.1) is 20.8 Å². The van der Waals surface area contributed by atoms with E-state index in [1.807, 2.05) is 26.0 Å².